The first-order valence-corrected chi connectivity index (χ1v) is 21.5. The Morgan fingerprint density at radius 2 is 1.29 bits per heavy atom. The van der Waals surface area contributed by atoms with Gasteiger partial charge in [-0.05, 0) is 70.3 Å². The molecular weight excluding hydrogens is 839 g/mol. The number of carboxylic acids is 3. The van der Waals surface area contributed by atoms with Crippen LogP contribution in [-0.4, -0.2) is 159 Å². The molecule has 350 valence electrons. The SMILES string of the molecule is CC[C@H](C)[C@H](NC(=O)[C@@H]1CCCN1C(=O)[C@H](CC(=O)O)NC(=O)[C@H](CCC(=O)O)NC(=O)[C@H](C)NC(=O)[C@H](C)NC(=O)[C@H](CCCN=C(N)N)NC(=O)[C@@H](N)CCSC)C(=O)O. The Morgan fingerprint density at radius 3 is 1.84 bits per heavy atom. The molecule has 62 heavy (non-hydrogen) atoms. The van der Waals surface area contributed by atoms with Crippen molar-refractivity contribution in [3.63, 3.8) is 0 Å². The first-order chi connectivity index (χ1) is 29.0. The molecule has 0 unspecified atom stereocenters. The summed E-state index contributed by atoms with van der Waals surface area (Å²) in [5.41, 5.74) is 16.7. The largest absolute Gasteiger partial charge is 0.481 e. The third kappa shape index (κ3) is 18.9. The molecule has 0 bridgehead atoms. The van der Waals surface area contributed by atoms with Crippen LogP contribution in [0.5, 0.6) is 0 Å². The first kappa shape index (κ1) is 54.3. The standard InChI is InChI=1S/C37H63N11O13S/c1-6-18(2)28(36(60)61)47-34(58)25-10-8-15-48(25)35(59)24(17-27(51)52)46-33(57)23(11-12-26(49)50)44-30(54)20(4)42-29(53)19(3)43-32(56)22(9-7-14-41-37(39)40)45-31(55)21(38)13-16-62-5/h18-25,28H,6-17,38H2,1-5H3,(H,42,53)(H,43,56)(H,44,54)(H,45,55)(H,46,57)(H,47,58)(H,49,50)(H,51,52)(H,60,61)(H4,39,40,41)/t18-,19-,20-,21-,22-,23-,24-,25-,28-/m0/s1. The van der Waals surface area contributed by atoms with E-state index in [0.717, 1.165) is 4.90 Å². The Hall–Kier alpha value is -5.72. The molecule has 0 saturated carbocycles. The summed E-state index contributed by atoms with van der Waals surface area (Å²) in [4.78, 5) is 133. The number of thioether (sulfide) groups is 1. The molecule has 15 N–H and O–H groups in total. The second-order valence-corrected chi connectivity index (χ2v) is 15.9. The van der Waals surface area contributed by atoms with Crippen molar-refractivity contribution in [2.75, 3.05) is 25.1 Å². The Labute approximate surface area is 363 Å². The molecule has 7 amide bonds. The number of carbonyl (C=O) groups excluding carboxylic acids is 7. The maximum atomic E-state index is 13.7. The quantitative estimate of drug-likeness (QED) is 0.0206. The van der Waals surface area contributed by atoms with Crippen molar-refractivity contribution in [2.24, 2.45) is 28.1 Å². The second-order valence-electron chi connectivity index (χ2n) is 14.9. The van der Waals surface area contributed by atoms with E-state index in [9.17, 15) is 63.3 Å². The zero-order valence-electron chi connectivity index (χ0n) is 35.6. The summed E-state index contributed by atoms with van der Waals surface area (Å²) in [7, 11) is 0. The predicted octanol–water partition coefficient (Wildman–Crippen LogP) is -3.47. The van der Waals surface area contributed by atoms with Gasteiger partial charge < -0.3 is 69.3 Å². The van der Waals surface area contributed by atoms with Crippen molar-refractivity contribution < 1.29 is 63.3 Å². The summed E-state index contributed by atoms with van der Waals surface area (Å²) in [6.07, 6.45) is 1.17. The van der Waals surface area contributed by atoms with Crippen LogP contribution in [0.1, 0.15) is 85.5 Å². The highest BCUT2D eigenvalue weighted by atomic mass is 32.2. The highest BCUT2D eigenvalue weighted by molar-refractivity contribution is 7.98. The van der Waals surface area contributed by atoms with Crippen molar-refractivity contribution >= 4 is 77.0 Å². The molecule has 24 nitrogen and oxygen atoms in total. The number of aliphatic imine (C=N–C) groups is 1. The van der Waals surface area contributed by atoms with Crippen LogP contribution in [-0.2, 0) is 47.9 Å². The molecule has 0 aliphatic carbocycles. The monoisotopic (exact) mass is 901 g/mol. The third-order valence-corrected chi connectivity index (χ3v) is 10.6. The average Bonchev–Trinajstić information content (AvgIpc) is 3.70. The maximum Gasteiger partial charge on any atom is 0.326 e. The molecule has 1 fully saturated rings. The van der Waals surface area contributed by atoms with Crippen LogP contribution in [0.4, 0.5) is 0 Å². The van der Waals surface area contributed by atoms with Gasteiger partial charge in [-0.1, -0.05) is 20.3 Å². The van der Waals surface area contributed by atoms with E-state index in [0.29, 0.717) is 25.0 Å². The molecule has 1 aliphatic rings. The number of hydrogen-bond acceptors (Lipinski definition) is 13. The zero-order valence-corrected chi connectivity index (χ0v) is 36.5. The van der Waals surface area contributed by atoms with Gasteiger partial charge in [-0.2, -0.15) is 11.8 Å². The fraction of sp³-hybridized carbons (Fsp3) is 0.703. The van der Waals surface area contributed by atoms with Crippen molar-refractivity contribution in [3.05, 3.63) is 0 Å². The van der Waals surface area contributed by atoms with Gasteiger partial charge in [0.15, 0.2) is 5.96 Å². The van der Waals surface area contributed by atoms with E-state index < -0.39 is 133 Å². The van der Waals surface area contributed by atoms with Gasteiger partial charge in [-0.25, -0.2) is 4.79 Å². The molecule has 0 aromatic carbocycles. The van der Waals surface area contributed by atoms with Crippen molar-refractivity contribution in [2.45, 2.75) is 134 Å². The molecule has 25 heteroatoms. The maximum absolute atomic E-state index is 13.7. The first-order valence-electron chi connectivity index (χ1n) is 20.1. The smallest absolute Gasteiger partial charge is 0.326 e. The van der Waals surface area contributed by atoms with Crippen LogP contribution < -0.4 is 49.1 Å². The molecule has 1 heterocycles. The Balaban J connectivity index is 3.13. The van der Waals surface area contributed by atoms with E-state index in [1.54, 1.807) is 13.8 Å². The van der Waals surface area contributed by atoms with E-state index in [2.05, 4.69) is 36.9 Å². The zero-order chi connectivity index (χ0) is 47.3. The summed E-state index contributed by atoms with van der Waals surface area (Å²) in [5.74, 6) is -10.4. The molecular formula is C37H63N11O13S. The minimum Gasteiger partial charge on any atom is -0.481 e. The lowest BCUT2D eigenvalue weighted by molar-refractivity contribution is -0.148. The average molecular weight is 902 g/mol. The number of carboxylic acid groups (broad SMARTS) is 3. The lowest BCUT2D eigenvalue weighted by Gasteiger charge is -2.30. The number of nitrogens with zero attached hydrogens (tertiary/aromatic N) is 2. The Bertz CT molecular complexity index is 1650. The fourth-order valence-corrected chi connectivity index (χ4v) is 6.62. The van der Waals surface area contributed by atoms with Crippen LogP contribution in [0.3, 0.4) is 0 Å². The fourth-order valence-electron chi connectivity index (χ4n) is 6.13. The van der Waals surface area contributed by atoms with Crippen molar-refractivity contribution in [1.82, 2.24) is 36.8 Å². The van der Waals surface area contributed by atoms with Gasteiger partial charge in [0.2, 0.25) is 41.4 Å². The number of guanidine groups is 1. The second kappa shape index (κ2) is 27.3. The summed E-state index contributed by atoms with van der Waals surface area (Å²) in [6.45, 7) is 5.99. The minimum atomic E-state index is -1.80. The van der Waals surface area contributed by atoms with E-state index in [-0.39, 0.29) is 38.3 Å². The number of amides is 7. The number of hydrogen-bond donors (Lipinski definition) is 12. The molecule has 0 aromatic heterocycles. The van der Waals surface area contributed by atoms with Gasteiger partial charge in [0.05, 0.1) is 12.5 Å². The molecule has 9 atom stereocenters. The number of aliphatic carboxylic acids is 3. The van der Waals surface area contributed by atoms with Crippen LogP contribution >= 0.6 is 11.8 Å². The predicted molar refractivity (Wildman–Crippen MR) is 225 cm³/mol. The molecule has 1 rings (SSSR count). The molecule has 1 aliphatic heterocycles. The number of rotatable bonds is 28. The number of likely N-dealkylation sites (tertiary alicyclic amines) is 1. The van der Waals surface area contributed by atoms with Crippen molar-refractivity contribution in [1.29, 1.82) is 0 Å². The highest BCUT2D eigenvalue weighted by Crippen LogP contribution is 2.21. The van der Waals surface area contributed by atoms with Gasteiger partial charge in [-0.15, -0.1) is 0 Å². The normalized spacial score (nSPS) is 17.3. The number of carbonyl (C=O) groups is 10. The topological polar surface area (TPSA) is 397 Å². The van der Waals surface area contributed by atoms with E-state index in [1.165, 1.54) is 25.6 Å². The van der Waals surface area contributed by atoms with Crippen LogP contribution in [0.15, 0.2) is 4.99 Å². The minimum absolute atomic E-state index is 0.0273. The van der Waals surface area contributed by atoms with E-state index in [4.69, 9.17) is 17.2 Å². The Kier molecular flexibility index (Phi) is 23.9. The number of nitrogens with one attached hydrogen (secondary N) is 6. The molecule has 0 spiro atoms. The molecule has 1 saturated heterocycles. The molecule has 0 aromatic rings. The van der Waals surface area contributed by atoms with E-state index in [1.807, 2.05) is 6.26 Å². The van der Waals surface area contributed by atoms with Gasteiger partial charge in [-0.3, -0.25) is 48.1 Å². The van der Waals surface area contributed by atoms with Crippen LogP contribution in [0, 0.1) is 5.92 Å². The summed E-state index contributed by atoms with van der Waals surface area (Å²) in [6, 6.07) is -10.7. The van der Waals surface area contributed by atoms with Gasteiger partial charge in [0, 0.05) is 19.5 Å². The van der Waals surface area contributed by atoms with Crippen molar-refractivity contribution in [3.8, 4) is 0 Å². The molecule has 0 radical (unpaired) electrons. The van der Waals surface area contributed by atoms with Gasteiger partial charge in [0.25, 0.3) is 0 Å². The Morgan fingerprint density at radius 1 is 0.742 bits per heavy atom. The highest BCUT2D eigenvalue weighted by Gasteiger charge is 2.41. The summed E-state index contributed by atoms with van der Waals surface area (Å²) >= 11 is 1.48. The van der Waals surface area contributed by atoms with E-state index >= 15 is 0 Å². The lowest BCUT2D eigenvalue weighted by atomic mass is 9.98. The third-order valence-electron chi connectivity index (χ3n) is 9.94. The summed E-state index contributed by atoms with van der Waals surface area (Å²) < 4.78 is 0. The lowest BCUT2D eigenvalue weighted by Crippen LogP contribution is -2.59. The van der Waals surface area contributed by atoms with Crippen LogP contribution in [0.2, 0.25) is 0 Å². The summed E-state index contributed by atoms with van der Waals surface area (Å²) in [5, 5.41) is 43.0. The number of nitrogens with two attached hydrogens (primary N) is 3. The van der Waals surface area contributed by atoms with Gasteiger partial charge >= 0.3 is 17.9 Å². The van der Waals surface area contributed by atoms with Gasteiger partial charge in [0.1, 0.15) is 42.3 Å². The van der Waals surface area contributed by atoms with Crippen LogP contribution in [0.25, 0.3) is 0 Å².